The molecule has 2 heterocycles. The third-order valence-corrected chi connectivity index (χ3v) is 4.53. The maximum absolute atomic E-state index is 12.9. The number of carbonyl (C=O) groups is 3. The lowest BCUT2D eigenvalue weighted by Gasteiger charge is -2.26. The van der Waals surface area contributed by atoms with E-state index in [9.17, 15) is 27.6 Å². The van der Waals surface area contributed by atoms with Gasteiger partial charge in [0.1, 0.15) is 5.57 Å². The van der Waals surface area contributed by atoms with Crippen LogP contribution in [-0.4, -0.2) is 17.8 Å². The normalized spacial score (nSPS) is 17.0. The predicted molar refractivity (Wildman–Crippen MR) is 89.5 cm³/mol. The van der Waals surface area contributed by atoms with Gasteiger partial charge < -0.3 is 0 Å². The number of imide groups is 2. The van der Waals surface area contributed by atoms with Gasteiger partial charge in [-0.15, -0.1) is 11.3 Å². The maximum Gasteiger partial charge on any atom is 0.416 e. The lowest BCUT2D eigenvalue weighted by Crippen LogP contribution is -2.54. The molecule has 0 saturated carbocycles. The molecular formula is C17H11F3N2O3S. The van der Waals surface area contributed by atoms with Gasteiger partial charge in [0, 0.05) is 9.75 Å². The van der Waals surface area contributed by atoms with Crippen LogP contribution < -0.4 is 10.2 Å². The first kappa shape index (κ1) is 17.9. The highest BCUT2D eigenvalue weighted by Crippen LogP contribution is 2.32. The van der Waals surface area contributed by atoms with Crippen LogP contribution in [0.4, 0.5) is 23.7 Å². The zero-order valence-corrected chi connectivity index (χ0v) is 14.1. The van der Waals surface area contributed by atoms with E-state index < -0.39 is 29.6 Å². The summed E-state index contributed by atoms with van der Waals surface area (Å²) in [6.45, 7) is 1.84. The smallest absolute Gasteiger partial charge is 0.273 e. The Hall–Kier alpha value is -2.94. The van der Waals surface area contributed by atoms with E-state index in [4.69, 9.17) is 0 Å². The molecule has 0 spiro atoms. The molecule has 1 aliphatic rings. The number of urea groups is 1. The molecule has 134 valence electrons. The van der Waals surface area contributed by atoms with E-state index in [0.717, 1.165) is 17.0 Å². The van der Waals surface area contributed by atoms with Crippen molar-refractivity contribution in [2.24, 2.45) is 0 Å². The van der Waals surface area contributed by atoms with Crippen LogP contribution in [0.25, 0.3) is 6.08 Å². The van der Waals surface area contributed by atoms with E-state index in [2.05, 4.69) is 0 Å². The van der Waals surface area contributed by atoms with E-state index in [1.807, 2.05) is 12.2 Å². The zero-order chi connectivity index (χ0) is 19.1. The molecule has 0 bridgehead atoms. The Morgan fingerprint density at radius 3 is 2.46 bits per heavy atom. The van der Waals surface area contributed by atoms with Gasteiger partial charge >= 0.3 is 12.2 Å². The molecule has 0 unspecified atom stereocenters. The summed E-state index contributed by atoms with van der Waals surface area (Å²) >= 11 is 1.33. The monoisotopic (exact) mass is 380 g/mol. The molecule has 26 heavy (non-hydrogen) atoms. The third kappa shape index (κ3) is 3.38. The van der Waals surface area contributed by atoms with Crippen LogP contribution in [0.5, 0.6) is 0 Å². The Balaban J connectivity index is 2.02. The summed E-state index contributed by atoms with van der Waals surface area (Å²) < 4.78 is 38.7. The molecule has 0 radical (unpaired) electrons. The Bertz CT molecular complexity index is 947. The largest absolute Gasteiger partial charge is 0.416 e. The standard InChI is InChI=1S/C17H11F3N2O3S/c1-9-5-6-12(26-9)8-13-14(23)21-16(25)22(15(13)24)11-4-2-3-10(7-11)17(18,19)20/h2-8H,1H3,(H,21,23,25)/b13-8-. The van der Waals surface area contributed by atoms with E-state index in [1.54, 1.807) is 12.1 Å². The van der Waals surface area contributed by atoms with Crippen molar-refractivity contribution < 1.29 is 27.6 Å². The minimum absolute atomic E-state index is 0.275. The molecule has 1 aliphatic heterocycles. The first-order valence-electron chi connectivity index (χ1n) is 7.32. The molecule has 1 aromatic heterocycles. The highest BCUT2D eigenvalue weighted by molar-refractivity contribution is 7.12. The van der Waals surface area contributed by atoms with Crippen molar-refractivity contribution in [1.82, 2.24) is 5.32 Å². The van der Waals surface area contributed by atoms with Crippen molar-refractivity contribution in [2.75, 3.05) is 4.90 Å². The number of nitrogens with zero attached hydrogens (tertiary/aromatic N) is 1. The second-order valence-electron chi connectivity index (χ2n) is 5.45. The fourth-order valence-corrected chi connectivity index (χ4v) is 3.21. The second kappa shape index (κ2) is 6.41. The number of benzene rings is 1. The van der Waals surface area contributed by atoms with Gasteiger partial charge in [0.15, 0.2) is 0 Å². The number of hydrogen-bond donors (Lipinski definition) is 1. The van der Waals surface area contributed by atoms with Gasteiger partial charge in [-0.3, -0.25) is 14.9 Å². The number of anilines is 1. The van der Waals surface area contributed by atoms with Crippen LogP contribution in [-0.2, 0) is 15.8 Å². The number of amides is 4. The minimum atomic E-state index is -4.63. The highest BCUT2D eigenvalue weighted by Gasteiger charge is 2.38. The Morgan fingerprint density at radius 2 is 1.85 bits per heavy atom. The molecule has 1 saturated heterocycles. The molecule has 1 aromatic carbocycles. The quantitative estimate of drug-likeness (QED) is 0.638. The molecule has 3 rings (SSSR count). The number of thiophene rings is 1. The van der Waals surface area contributed by atoms with E-state index in [1.165, 1.54) is 23.5 Å². The summed E-state index contributed by atoms with van der Waals surface area (Å²) in [6.07, 6.45) is -3.32. The van der Waals surface area contributed by atoms with Gasteiger partial charge in [0.05, 0.1) is 11.3 Å². The zero-order valence-electron chi connectivity index (χ0n) is 13.3. The first-order chi connectivity index (χ1) is 12.2. The molecule has 5 nitrogen and oxygen atoms in total. The summed E-state index contributed by atoms with van der Waals surface area (Å²) in [5.41, 5.74) is -1.61. The van der Waals surface area contributed by atoms with Gasteiger partial charge in [-0.05, 0) is 43.3 Å². The number of alkyl halides is 3. The number of carbonyl (C=O) groups excluding carboxylic acids is 3. The van der Waals surface area contributed by atoms with Crippen LogP contribution in [0.1, 0.15) is 15.3 Å². The Morgan fingerprint density at radius 1 is 1.12 bits per heavy atom. The van der Waals surface area contributed by atoms with Crippen molar-refractivity contribution >= 4 is 40.9 Å². The fraction of sp³-hybridized carbons (Fsp3) is 0.118. The van der Waals surface area contributed by atoms with E-state index >= 15 is 0 Å². The number of rotatable bonds is 2. The number of halogens is 3. The van der Waals surface area contributed by atoms with Crippen LogP contribution in [0, 0.1) is 6.92 Å². The molecule has 1 fully saturated rings. The van der Waals surface area contributed by atoms with Crippen LogP contribution in [0.2, 0.25) is 0 Å². The van der Waals surface area contributed by atoms with Crippen molar-refractivity contribution in [3.05, 3.63) is 57.3 Å². The Labute approximate surface area is 149 Å². The van der Waals surface area contributed by atoms with Crippen LogP contribution in [0.3, 0.4) is 0 Å². The average molecular weight is 380 g/mol. The molecule has 2 aromatic rings. The molecule has 1 N–H and O–H groups in total. The topological polar surface area (TPSA) is 66.5 Å². The van der Waals surface area contributed by atoms with Gasteiger partial charge in [-0.2, -0.15) is 13.2 Å². The predicted octanol–water partition coefficient (Wildman–Crippen LogP) is 3.74. The SMILES string of the molecule is Cc1ccc(/C=C2/C(=O)NC(=O)N(c3cccc(C(F)(F)F)c3)C2=O)s1. The minimum Gasteiger partial charge on any atom is -0.273 e. The third-order valence-electron chi connectivity index (χ3n) is 3.58. The van der Waals surface area contributed by atoms with Crippen LogP contribution >= 0.6 is 11.3 Å². The highest BCUT2D eigenvalue weighted by atomic mass is 32.1. The van der Waals surface area contributed by atoms with Crippen molar-refractivity contribution in [1.29, 1.82) is 0 Å². The number of nitrogens with one attached hydrogen (secondary N) is 1. The first-order valence-corrected chi connectivity index (χ1v) is 8.13. The number of hydrogen-bond acceptors (Lipinski definition) is 4. The van der Waals surface area contributed by atoms with Crippen molar-refractivity contribution in [3.63, 3.8) is 0 Å². The van der Waals surface area contributed by atoms with Crippen LogP contribution in [0.15, 0.2) is 42.0 Å². The van der Waals surface area contributed by atoms with Crippen molar-refractivity contribution in [3.8, 4) is 0 Å². The summed E-state index contributed by atoms with van der Waals surface area (Å²) in [7, 11) is 0. The molecular weight excluding hydrogens is 369 g/mol. The summed E-state index contributed by atoms with van der Waals surface area (Å²) in [5, 5.41) is 1.98. The van der Waals surface area contributed by atoms with Gasteiger partial charge in [-0.25, -0.2) is 9.69 Å². The van der Waals surface area contributed by atoms with E-state index in [-0.39, 0.29) is 11.3 Å². The van der Waals surface area contributed by atoms with E-state index in [0.29, 0.717) is 15.8 Å². The summed E-state index contributed by atoms with van der Waals surface area (Å²) in [6, 6.07) is 6.17. The molecule has 0 atom stereocenters. The summed E-state index contributed by atoms with van der Waals surface area (Å²) in [4.78, 5) is 38.7. The summed E-state index contributed by atoms with van der Waals surface area (Å²) in [5.74, 6) is -1.88. The lowest BCUT2D eigenvalue weighted by atomic mass is 10.1. The Kier molecular flexibility index (Phi) is 4.41. The number of aryl methyl sites for hydroxylation is 1. The maximum atomic E-state index is 12.9. The molecule has 0 aliphatic carbocycles. The average Bonchev–Trinajstić information content (AvgIpc) is 2.96. The van der Waals surface area contributed by atoms with Crippen molar-refractivity contribution in [2.45, 2.75) is 13.1 Å². The molecule has 4 amide bonds. The van der Waals surface area contributed by atoms with Gasteiger partial charge in [-0.1, -0.05) is 6.07 Å². The second-order valence-corrected chi connectivity index (χ2v) is 6.77. The fourth-order valence-electron chi connectivity index (χ4n) is 2.39. The molecule has 9 heteroatoms. The number of barbiturate groups is 1. The lowest BCUT2D eigenvalue weighted by molar-refractivity contribution is -0.137. The van der Waals surface area contributed by atoms with Gasteiger partial charge in [0.25, 0.3) is 11.8 Å². The van der Waals surface area contributed by atoms with Gasteiger partial charge in [0.2, 0.25) is 0 Å².